The number of aliphatic hydroxyl groups is 3. The average molecular weight is 573 g/mol. The maximum absolute atomic E-state index is 12.4. The summed E-state index contributed by atoms with van der Waals surface area (Å²) in [6.07, 6.45) is 14.8. The summed E-state index contributed by atoms with van der Waals surface area (Å²) >= 11 is 0. The van der Waals surface area contributed by atoms with E-state index in [1.165, 1.54) is 6.08 Å². The van der Waals surface area contributed by atoms with Crippen LogP contribution in [0.15, 0.2) is 70.9 Å². The van der Waals surface area contributed by atoms with Crippen LogP contribution < -0.4 is 0 Å². The summed E-state index contributed by atoms with van der Waals surface area (Å²) in [6, 6.07) is 0. The summed E-state index contributed by atoms with van der Waals surface area (Å²) < 4.78 is 5.67. The lowest BCUT2D eigenvalue weighted by atomic mass is 9.80. The van der Waals surface area contributed by atoms with Gasteiger partial charge < -0.3 is 25.2 Å². The lowest BCUT2D eigenvalue weighted by Gasteiger charge is -2.26. The molecule has 0 aliphatic carbocycles. The van der Waals surface area contributed by atoms with Gasteiger partial charge in [0.25, 0.3) is 0 Å². The van der Waals surface area contributed by atoms with Crippen molar-refractivity contribution in [3.63, 3.8) is 0 Å². The van der Waals surface area contributed by atoms with Gasteiger partial charge >= 0.3 is 11.9 Å². The molecular weight excluding hydrogens is 520 g/mol. The van der Waals surface area contributed by atoms with Crippen LogP contribution in [0.4, 0.5) is 0 Å². The predicted molar refractivity (Wildman–Crippen MR) is 164 cm³/mol. The number of allylic oxidation sites excluding steroid dienone is 9. The van der Waals surface area contributed by atoms with Gasteiger partial charge in [0.2, 0.25) is 0 Å². The fraction of sp³-hybridized carbons (Fsp3) is 0.588. The summed E-state index contributed by atoms with van der Waals surface area (Å²) in [5.41, 5.74) is 2.83. The molecule has 0 spiro atoms. The predicted octanol–water partition coefficient (Wildman–Crippen LogP) is 6.23. The minimum Gasteiger partial charge on any atom is -0.478 e. The number of carboxylic acids is 1. The molecule has 7 nitrogen and oxygen atoms in total. The molecule has 0 aromatic rings. The number of hydrogen-bond acceptors (Lipinski definition) is 6. The highest BCUT2D eigenvalue weighted by Gasteiger charge is 2.27. The smallest absolute Gasteiger partial charge is 0.331 e. The minimum absolute atomic E-state index is 0.0885. The van der Waals surface area contributed by atoms with Crippen LogP contribution in [0.5, 0.6) is 0 Å². The molecule has 7 heteroatoms. The number of carbonyl (C=O) groups is 2. The number of aliphatic hydroxyl groups excluding tert-OH is 3. The molecule has 41 heavy (non-hydrogen) atoms. The third kappa shape index (κ3) is 14.6. The average Bonchev–Trinajstić information content (AvgIpc) is 2.85. The van der Waals surface area contributed by atoms with Crippen LogP contribution in [0.1, 0.15) is 87.0 Å². The van der Waals surface area contributed by atoms with Gasteiger partial charge in [-0.15, -0.1) is 0 Å². The largest absolute Gasteiger partial charge is 0.478 e. The van der Waals surface area contributed by atoms with Crippen LogP contribution in [0.3, 0.4) is 0 Å². The highest BCUT2D eigenvalue weighted by molar-refractivity contribution is 5.88. The lowest BCUT2D eigenvalue weighted by molar-refractivity contribution is -0.151. The van der Waals surface area contributed by atoms with Crippen molar-refractivity contribution in [2.45, 2.75) is 111 Å². The number of ether oxygens (including phenoxy) is 1. The summed E-state index contributed by atoms with van der Waals surface area (Å²) in [7, 11) is 0. The second kappa shape index (κ2) is 18.6. The highest BCUT2D eigenvalue weighted by Crippen LogP contribution is 2.31. The molecular formula is C34H52O7. The molecule has 1 aliphatic rings. The van der Waals surface area contributed by atoms with Gasteiger partial charge in [-0.05, 0) is 70.8 Å². The number of carboxylic acid groups (broad SMARTS) is 1. The topological polar surface area (TPSA) is 124 Å². The molecule has 1 heterocycles. The standard InChI is InChI=1S/C34H52O7/c1-22(2)32-16-9-8-14-26(6)28(15-11-17-33(38)41-32)29(34(39)40)19-25(5)18-23(3)12-10-13-24(4)20-30(36)31(37)21-27(7)35/h8-10,12-13,18-20,22,26-28,30-32,35-37H,11,14-17,21H2,1-7H3,(H,39,40)/t26-,27-,28-,30-,31-,32+/m0/s1. The maximum atomic E-state index is 12.4. The number of aliphatic carboxylic acids is 1. The lowest BCUT2D eigenvalue weighted by Crippen LogP contribution is -2.27. The van der Waals surface area contributed by atoms with Crippen molar-refractivity contribution < 1.29 is 34.8 Å². The van der Waals surface area contributed by atoms with Crippen molar-refractivity contribution in [1.82, 2.24) is 0 Å². The first-order valence-corrected chi connectivity index (χ1v) is 14.8. The first-order chi connectivity index (χ1) is 19.2. The molecule has 0 saturated carbocycles. The van der Waals surface area contributed by atoms with E-state index < -0.39 is 24.3 Å². The van der Waals surface area contributed by atoms with Gasteiger partial charge in [-0.3, -0.25) is 4.79 Å². The first kappa shape index (κ1) is 36.3. The second-order valence-corrected chi connectivity index (χ2v) is 11.8. The zero-order valence-electron chi connectivity index (χ0n) is 25.9. The Labute approximate surface area is 246 Å². The molecule has 1 rings (SSSR count). The van der Waals surface area contributed by atoms with Crippen molar-refractivity contribution in [3.05, 3.63) is 70.9 Å². The molecule has 0 fully saturated rings. The fourth-order valence-corrected chi connectivity index (χ4v) is 4.90. The molecule has 6 atom stereocenters. The van der Waals surface area contributed by atoms with E-state index in [1.807, 2.05) is 58.9 Å². The van der Waals surface area contributed by atoms with Gasteiger partial charge in [-0.25, -0.2) is 4.79 Å². The van der Waals surface area contributed by atoms with E-state index in [9.17, 15) is 30.0 Å². The van der Waals surface area contributed by atoms with Crippen LogP contribution in [0, 0.1) is 17.8 Å². The zero-order chi connectivity index (χ0) is 31.1. The van der Waals surface area contributed by atoms with E-state index in [2.05, 4.69) is 13.0 Å². The molecule has 0 amide bonds. The monoisotopic (exact) mass is 572 g/mol. The van der Waals surface area contributed by atoms with Crippen molar-refractivity contribution in [1.29, 1.82) is 0 Å². The van der Waals surface area contributed by atoms with E-state index in [0.717, 1.165) is 23.1 Å². The Morgan fingerprint density at radius 2 is 1.68 bits per heavy atom. The Balaban J connectivity index is 3.07. The van der Waals surface area contributed by atoms with E-state index in [1.54, 1.807) is 19.1 Å². The Morgan fingerprint density at radius 1 is 1.02 bits per heavy atom. The molecule has 0 aromatic heterocycles. The van der Waals surface area contributed by atoms with Crippen molar-refractivity contribution >= 4 is 11.9 Å². The summed E-state index contributed by atoms with van der Waals surface area (Å²) in [5.74, 6) is -1.06. The van der Waals surface area contributed by atoms with E-state index in [0.29, 0.717) is 24.8 Å². The van der Waals surface area contributed by atoms with Crippen molar-refractivity contribution in [2.24, 2.45) is 17.8 Å². The molecule has 0 radical (unpaired) electrons. The number of esters is 1. The van der Waals surface area contributed by atoms with E-state index >= 15 is 0 Å². The van der Waals surface area contributed by atoms with Gasteiger partial charge in [0, 0.05) is 24.8 Å². The normalized spacial score (nSPS) is 25.0. The minimum atomic E-state index is -1.07. The highest BCUT2D eigenvalue weighted by atomic mass is 16.5. The molecule has 0 unspecified atom stereocenters. The number of rotatable bonds is 11. The van der Waals surface area contributed by atoms with Gasteiger partial charge in [-0.1, -0.05) is 80.0 Å². The molecule has 1 aliphatic heterocycles. The van der Waals surface area contributed by atoms with Crippen LogP contribution >= 0.6 is 0 Å². The summed E-state index contributed by atoms with van der Waals surface area (Å²) in [5, 5.41) is 39.5. The second-order valence-electron chi connectivity index (χ2n) is 11.8. The zero-order valence-corrected chi connectivity index (χ0v) is 25.9. The van der Waals surface area contributed by atoms with Crippen molar-refractivity contribution in [2.75, 3.05) is 0 Å². The molecule has 0 bridgehead atoms. The quantitative estimate of drug-likeness (QED) is 0.100. The summed E-state index contributed by atoms with van der Waals surface area (Å²) in [4.78, 5) is 24.8. The number of carbonyl (C=O) groups excluding carboxylic acids is 1. The molecule has 0 saturated heterocycles. The van der Waals surface area contributed by atoms with Crippen LogP contribution in [0.25, 0.3) is 0 Å². The van der Waals surface area contributed by atoms with Gasteiger partial charge in [0.1, 0.15) is 6.10 Å². The van der Waals surface area contributed by atoms with Crippen LogP contribution in [-0.4, -0.2) is 56.8 Å². The third-order valence-corrected chi connectivity index (χ3v) is 7.27. The molecule has 4 N–H and O–H groups in total. The number of hydrogen-bond donors (Lipinski definition) is 4. The molecule has 230 valence electrons. The fourth-order valence-electron chi connectivity index (χ4n) is 4.90. The Morgan fingerprint density at radius 3 is 2.29 bits per heavy atom. The van der Waals surface area contributed by atoms with Crippen LogP contribution in [-0.2, 0) is 14.3 Å². The number of cyclic esters (lactones) is 1. The SMILES string of the molecule is CC(=CC=CC(C)=C[C@H](O)[C@@H](O)C[C@H](C)O)C=C(C)C=C(C(=O)O)[C@H]1CCCC(=O)O[C@@H](C(C)C)CC=CC[C@@H]1C. The summed E-state index contributed by atoms with van der Waals surface area (Å²) in [6.45, 7) is 13.3. The van der Waals surface area contributed by atoms with Crippen molar-refractivity contribution in [3.8, 4) is 0 Å². The van der Waals surface area contributed by atoms with Gasteiger partial charge in [-0.2, -0.15) is 0 Å². The van der Waals surface area contributed by atoms with E-state index in [4.69, 9.17) is 4.74 Å². The first-order valence-electron chi connectivity index (χ1n) is 14.8. The maximum Gasteiger partial charge on any atom is 0.331 e. The van der Waals surface area contributed by atoms with Gasteiger partial charge in [0.15, 0.2) is 0 Å². The Kier molecular flexibility index (Phi) is 16.5. The third-order valence-electron chi connectivity index (χ3n) is 7.27. The van der Waals surface area contributed by atoms with E-state index in [-0.39, 0.29) is 42.7 Å². The Hall–Kier alpha value is -2.74. The van der Waals surface area contributed by atoms with Gasteiger partial charge in [0.05, 0.1) is 18.3 Å². The molecule has 0 aromatic carbocycles. The van der Waals surface area contributed by atoms with Crippen LogP contribution in [0.2, 0.25) is 0 Å². The Bertz CT molecular complexity index is 1030.